The van der Waals surface area contributed by atoms with Crippen molar-refractivity contribution in [2.24, 2.45) is 12.8 Å². The number of carbonyl (C=O) groups excluding carboxylic acids is 1. The van der Waals surface area contributed by atoms with Crippen LogP contribution in [0.4, 0.5) is 0 Å². The molecule has 0 saturated carbocycles. The summed E-state index contributed by atoms with van der Waals surface area (Å²) in [7, 11) is 1.77. The van der Waals surface area contributed by atoms with Crippen LogP contribution in [0.15, 0.2) is 6.07 Å². The van der Waals surface area contributed by atoms with Crippen molar-refractivity contribution in [1.82, 2.24) is 14.7 Å². The smallest absolute Gasteiger partial charge is 0.272 e. The van der Waals surface area contributed by atoms with E-state index < -0.39 is 0 Å². The van der Waals surface area contributed by atoms with E-state index in [1.807, 2.05) is 20.8 Å². The second-order valence-electron chi connectivity index (χ2n) is 4.60. The zero-order valence-corrected chi connectivity index (χ0v) is 12.1. The van der Waals surface area contributed by atoms with Gasteiger partial charge in [-0.2, -0.15) is 5.10 Å². The molecule has 6 heteroatoms. The lowest BCUT2D eigenvalue weighted by molar-refractivity contribution is 0.0700. The van der Waals surface area contributed by atoms with Gasteiger partial charge >= 0.3 is 0 Å². The van der Waals surface area contributed by atoms with Crippen LogP contribution in [0.2, 0.25) is 0 Å². The molecule has 1 heterocycles. The highest BCUT2D eigenvalue weighted by Crippen LogP contribution is 2.10. The molecular formula is C12H20N4OS. The number of rotatable bonds is 5. The first kappa shape index (κ1) is 14.6. The van der Waals surface area contributed by atoms with Gasteiger partial charge in [-0.1, -0.05) is 12.2 Å². The number of aryl methyl sites for hydroxylation is 2. The quantitative estimate of drug-likeness (QED) is 0.816. The Morgan fingerprint density at radius 3 is 2.61 bits per heavy atom. The van der Waals surface area contributed by atoms with Crippen LogP contribution < -0.4 is 5.73 Å². The van der Waals surface area contributed by atoms with Gasteiger partial charge in [-0.3, -0.25) is 9.48 Å². The van der Waals surface area contributed by atoms with E-state index in [9.17, 15) is 4.79 Å². The average Bonchev–Trinajstić information content (AvgIpc) is 2.56. The molecule has 1 amide bonds. The molecular weight excluding hydrogens is 248 g/mol. The predicted molar refractivity (Wildman–Crippen MR) is 75.5 cm³/mol. The Morgan fingerprint density at radius 2 is 2.22 bits per heavy atom. The normalized spacial score (nSPS) is 10.7. The standard InChI is InChI=1S/C12H20N4OS/c1-8(2)16(6-5-11(13)18)12(17)10-7-9(3)14-15(10)4/h7-8H,5-6H2,1-4H3,(H2,13,18). The second-order valence-corrected chi connectivity index (χ2v) is 5.13. The Labute approximate surface area is 113 Å². The van der Waals surface area contributed by atoms with E-state index in [-0.39, 0.29) is 11.9 Å². The molecule has 0 bridgehead atoms. The molecule has 0 aromatic carbocycles. The monoisotopic (exact) mass is 268 g/mol. The maximum absolute atomic E-state index is 12.4. The largest absolute Gasteiger partial charge is 0.393 e. The van der Waals surface area contributed by atoms with E-state index >= 15 is 0 Å². The molecule has 0 spiro atoms. The Kier molecular flexibility index (Phi) is 4.84. The zero-order valence-electron chi connectivity index (χ0n) is 11.3. The minimum Gasteiger partial charge on any atom is -0.393 e. The van der Waals surface area contributed by atoms with Crippen LogP contribution in [0, 0.1) is 6.92 Å². The van der Waals surface area contributed by atoms with E-state index in [1.54, 1.807) is 22.7 Å². The van der Waals surface area contributed by atoms with Crippen LogP contribution in [0.3, 0.4) is 0 Å². The first-order valence-electron chi connectivity index (χ1n) is 5.92. The van der Waals surface area contributed by atoms with Crippen LogP contribution >= 0.6 is 12.2 Å². The molecule has 18 heavy (non-hydrogen) atoms. The van der Waals surface area contributed by atoms with Crippen LogP contribution in [0.1, 0.15) is 36.5 Å². The summed E-state index contributed by atoms with van der Waals surface area (Å²) in [6.07, 6.45) is 0.538. The molecule has 0 unspecified atom stereocenters. The molecule has 0 aliphatic carbocycles. The number of thiocarbonyl (C=S) groups is 1. The highest BCUT2D eigenvalue weighted by atomic mass is 32.1. The van der Waals surface area contributed by atoms with Gasteiger partial charge in [-0.15, -0.1) is 0 Å². The number of nitrogens with zero attached hydrogens (tertiary/aromatic N) is 3. The van der Waals surface area contributed by atoms with Crippen molar-refractivity contribution < 1.29 is 4.79 Å². The Hall–Kier alpha value is -1.43. The Morgan fingerprint density at radius 1 is 1.61 bits per heavy atom. The fourth-order valence-electron chi connectivity index (χ4n) is 1.78. The lowest BCUT2D eigenvalue weighted by Gasteiger charge is -2.26. The number of carbonyl (C=O) groups is 1. The Bertz CT molecular complexity index is 453. The van der Waals surface area contributed by atoms with Gasteiger partial charge in [0.2, 0.25) is 0 Å². The molecule has 5 nitrogen and oxygen atoms in total. The van der Waals surface area contributed by atoms with Crippen molar-refractivity contribution in [3.8, 4) is 0 Å². The van der Waals surface area contributed by atoms with Gasteiger partial charge in [0.1, 0.15) is 5.69 Å². The summed E-state index contributed by atoms with van der Waals surface area (Å²) in [4.78, 5) is 14.6. The Balaban J connectivity index is 2.89. The highest BCUT2D eigenvalue weighted by molar-refractivity contribution is 7.80. The fourth-order valence-corrected chi connectivity index (χ4v) is 1.87. The summed E-state index contributed by atoms with van der Waals surface area (Å²) < 4.78 is 1.60. The third kappa shape index (κ3) is 3.53. The van der Waals surface area contributed by atoms with Gasteiger partial charge in [0, 0.05) is 26.1 Å². The molecule has 1 aromatic rings. The topological polar surface area (TPSA) is 64.2 Å². The van der Waals surface area contributed by atoms with E-state index in [4.69, 9.17) is 18.0 Å². The molecule has 0 radical (unpaired) electrons. The van der Waals surface area contributed by atoms with Crippen LogP contribution in [-0.2, 0) is 7.05 Å². The number of hydrogen-bond donors (Lipinski definition) is 1. The average molecular weight is 268 g/mol. The molecule has 1 rings (SSSR count). The van der Waals surface area contributed by atoms with Gasteiger partial charge in [-0.25, -0.2) is 0 Å². The highest BCUT2D eigenvalue weighted by Gasteiger charge is 2.21. The molecule has 0 fully saturated rings. The summed E-state index contributed by atoms with van der Waals surface area (Å²) in [6.45, 7) is 6.35. The van der Waals surface area contributed by atoms with Crippen molar-refractivity contribution in [3.63, 3.8) is 0 Å². The van der Waals surface area contributed by atoms with Gasteiger partial charge in [-0.05, 0) is 26.8 Å². The summed E-state index contributed by atoms with van der Waals surface area (Å²) in [5, 5.41) is 4.19. The van der Waals surface area contributed by atoms with Crippen LogP contribution in [0.5, 0.6) is 0 Å². The fraction of sp³-hybridized carbons (Fsp3) is 0.583. The summed E-state index contributed by atoms with van der Waals surface area (Å²) in [5.74, 6) is -0.0376. The van der Waals surface area contributed by atoms with Gasteiger partial charge < -0.3 is 10.6 Å². The molecule has 2 N–H and O–H groups in total. The molecule has 0 atom stereocenters. The van der Waals surface area contributed by atoms with E-state index in [1.165, 1.54) is 0 Å². The number of aromatic nitrogens is 2. The third-order valence-electron chi connectivity index (χ3n) is 2.70. The molecule has 0 aliphatic rings. The summed E-state index contributed by atoms with van der Waals surface area (Å²) >= 11 is 4.86. The van der Waals surface area contributed by atoms with E-state index in [0.717, 1.165) is 5.69 Å². The maximum atomic E-state index is 12.4. The molecule has 0 aliphatic heterocycles. The number of hydrogen-bond acceptors (Lipinski definition) is 3. The lowest BCUT2D eigenvalue weighted by atomic mass is 10.2. The van der Waals surface area contributed by atoms with Crippen molar-refractivity contribution in [2.75, 3.05) is 6.54 Å². The third-order valence-corrected chi connectivity index (χ3v) is 2.91. The van der Waals surface area contributed by atoms with Gasteiger partial charge in [0.05, 0.1) is 10.7 Å². The first-order valence-corrected chi connectivity index (χ1v) is 6.33. The van der Waals surface area contributed by atoms with Crippen molar-refractivity contribution in [2.45, 2.75) is 33.2 Å². The van der Waals surface area contributed by atoms with E-state index in [0.29, 0.717) is 23.6 Å². The number of nitrogens with two attached hydrogens (primary N) is 1. The van der Waals surface area contributed by atoms with Crippen LogP contribution in [-0.4, -0.2) is 38.2 Å². The molecule has 100 valence electrons. The van der Waals surface area contributed by atoms with Gasteiger partial charge in [0.25, 0.3) is 5.91 Å². The maximum Gasteiger partial charge on any atom is 0.272 e. The second kappa shape index (κ2) is 5.95. The van der Waals surface area contributed by atoms with Crippen molar-refractivity contribution >= 4 is 23.1 Å². The summed E-state index contributed by atoms with van der Waals surface area (Å²) in [6, 6.07) is 1.89. The van der Waals surface area contributed by atoms with Crippen molar-refractivity contribution in [3.05, 3.63) is 17.5 Å². The number of amides is 1. The minimum atomic E-state index is -0.0376. The SMILES string of the molecule is Cc1cc(C(=O)N(CCC(N)=S)C(C)C)n(C)n1. The minimum absolute atomic E-state index is 0.0376. The first-order chi connectivity index (χ1) is 8.32. The van der Waals surface area contributed by atoms with Gasteiger partial charge in [0.15, 0.2) is 0 Å². The molecule has 0 saturated heterocycles. The van der Waals surface area contributed by atoms with E-state index in [2.05, 4.69) is 5.10 Å². The lowest BCUT2D eigenvalue weighted by Crippen LogP contribution is -2.39. The zero-order chi connectivity index (χ0) is 13.9. The van der Waals surface area contributed by atoms with Crippen molar-refractivity contribution in [1.29, 1.82) is 0 Å². The predicted octanol–water partition coefficient (Wildman–Crippen LogP) is 1.26. The summed E-state index contributed by atoms with van der Waals surface area (Å²) in [5.41, 5.74) is 6.91. The molecule has 1 aromatic heterocycles. The van der Waals surface area contributed by atoms with Crippen LogP contribution in [0.25, 0.3) is 0 Å².